The maximum atomic E-state index is 4.53. The van der Waals surface area contributed by atoms with E-state index in [-0.39, 0.29) is 0 Å². The normalized spacial score (nSPS) is 11.9. The molecule has 0 saturated heterocycles. The molecule has 23 heavy (non-hydrogen) atoms. The van der Waals surface area contributed by atoms with Crippen LogP contribution < -0.4 is 4.90 Å². The number of hydrogen-bond donors (Lipinski definition) is 0. The third-order valence-corrected chi connectivity index (χ3v) is 3.82. The average molecular weight is 306 g/mol. The summed E-state index contributed by atoms with van der Waals surface area (Å²) in [5, 5.41) is 0. The fraction of sp³-hybridized carbons (Fsp3) is 0.286. The van der Waals surface area contributed by atoms with Crippen LogP contribution in [0.25, 0.3) is 11.6 Å². The molecule has 1 aromatic heterocycles. The lowest BCUT2D eigenvalue weighted by molar-refractivity contribution is 0.960. The molecule has 0 bridgehead atoms. The van der Waals surface area contributed by atoms with Gasteiger partial charge in [0.1, 0.15) is 5.82 Å². The van der Waals surface area contributed by atoms with E-state index in [2.05, 4.69) is 73.5 Å². The van der Waals surface area contributed by atoms with Gasteiger partial charge in [0.15, 0.2) is 0 Å². The van der Waals surface area contributed by atoms with E-state index in [1.807, 2.05) is 25.2 Å². The minimum atomic E-state index is 0.978. The van der Waals surface area contributed by atoms with E-state index in [4.69, 9.17) is 0 Å². The Hall–Kier alpha value is -2.35. The van der Waals surface area contributed by atoms with E-state index < -0.39 is 0 Å². The van der Waals surface area contributed by atoms with Gasteiger partial charge in [-0.3, -0.25) is 0 Å². The van der Waals surface area contributed by atoms with Crippen molar-refractivity contribution in [2.24, 2.45) is 0 Å². The molecule has 2 rings (SSSR count). The van der Waals surface area contributed by atoms with Crippen molar-refractivity contribution in [3.05, 3.63) is 71.4 Å². The maximum absolute atomic E-state index is 4.53. The van der Waals surface area contributed by atoms with Gasteiger partial charge in [-0.25, -0.2) is 4.98 Å². The number of rotatable bonds is 6. The lowest BCUT2D eigenvalue weighted by Crippen LogP contribution is -2.10. The largest absolute Gasteiger partial charge is 0.363 e. The third-order valence-electron chi connectivity index (χ3n) is 3.82. The van der Waals surface area contributed by atoms with Gasteiger partial charge in [0, 0.05) is 20.3 Å². The van der Waals surface area contributed by atoms with E-state index in [9.17, 15) is 0 Å². The summed E-state index contributed by atoms with van der Waals surface area (Å²) in [5.41, 5.74) is 4.94. The lowest BCUT2D eigenvalue weighted by Gasteiger charge is -2.11. The van der Waals surface area contributed by atoms with Crippen molar-refractivity contribution >= 4 is 17.5 Å². The SMILES string of the molecule is CCCC=C(C=Cc1ccccc1C)c1ccc(N(C)C)nc1. The standard InChI is InChI=1S/C21H26N2/c1-5-6-10-19(13-12-18-11-8-7-9-17(18)2)20-14-15-21(22-16-20)23(3)4/h7-16H,5-6H2,1-4H3. The summed E-state index contributed by atoms with van der Waals surface area (Å²) in [5.74, 6) is 0.978. The first-order chi connectivity index (χ1) is 11.1. The van der Waals surface area contributed by atoms with Gasteiger partial charge in [0.2, 0.25) is 0 Å². The summed E-state index contributed by atoms with van der Waals surface area (Å²) in [6.45, 7) is 4.34. The first-order valence-corrected chi connectivity index (χ1v) is 8.19. The number of aromatic nitrogens is 1. The summed E-state index contributed by atoms with van der Waals surface area (Å²) < 4.78 is 0. The Balaban J connectivity index is 2.29. The predicted octanol–water partition coefficient (Wildman–Crippen LogP) is 5.35. The number of pyridine rings is 1. The van der Waals surface area contributed by atoms with E-state index in [1.165, 1.54) is 16.7 Å². The summed E-state index contributed by atoms with van der Waals surface area (Å²) >= 11 is 0. The summed E-state index contributed by atoms with van der Waals surface area (Å²) in [7, 11) is 4.02. The van der Waals surface area contributed by atoms with Gasteiger partial charge in [-0.1, -0.05) is 55.8 Å². The van der Waals surface area contributed by atoms with Crippen molar-refractivity contribution in [1.82, 2.24) is 4.98 Å². The zero-order valence-corrected chi connectivity index (χ0v) is 14.6. The van der Waals surface area contributed by atoms with Gasteiger partial charge in [-0.15, -0.1) is 0 Å². The van der Waals surface area contributed by atoms with E-state index >= 15 is 0 Å². The molecule has 0 aliphatic rings. The zero-order valence-electron chi connectivity index (χ0n) is 14.6. The first kappa shape index (κ1) is 17.0. The maximum Gasteiger partial charge on any atom is 0.127 e. The molecule has 0 saturated carbocycles. The highest BCUT2D eigenvalue weighted by Gasteiger charge is 2.01. The highest BCUT2D eigenvalue weighted by molar-refractivity contribution is 5.79. The number of hydrogen-bond acceptors (Lipinski definition) is 2. The molecule has 0 unspecified atom stereocenters. The third kappa shape index (κ3) is 4.82. The van der Waals surface area contributed by atoms with Crippen LogP contribution in [0.2, 0.25) is 0 Å². The molecular weight excluding hydrogens is 280 g/mol. The van der Waals surface area contributed by atoms with Crippen LogP contribution in [0.4, 0.5) is 5.82 Å². The summed E-state index contributed by atoms with van der Waals surface area (Å²) in [4.78, 5) is 6.55. The van der Waals surface area contributed by atoms with Crippen LogP contribution in [0, 0.1) is 6.92 Å². The number of aryl methyl sites for hydroxylation is 1. The number of nitrogens with zero attached hydrogens (tertiary/aromatic N) is 2. The topological polar surface area (TPSA) is 16.1 Å². The van der Waals surface area contributed by atoms with Crippen molar-refractivity contribution in [1.29, 1.82) is 0 Å². The molecule has 0 radical (unpaired) electrons. The molecule has 0 aliphatic heterocycles. The van der Waals surface area contributed by atoms with Gasteiger partial charge < -0.3 is 4.90 Å². The van der Waals surface area contributed by atoms with Crippen LogP contribution in [-0.4, -0.2) is 19.1 Å². The molecule has 0 fully saturated rings. The van der Waals surface area contributed by atoms with Gasteiger partial charge in [0.25, 0.3) is 0 Å². The van der Waals surface area contributed by atoms with Crippen LogP contribution in [-0.2, 0) is 0 Å². The Morgan fingerprint density at radius 3 is 2.52 bits per heavy atom. The molecule has 0 N–H and O–H groups in total. The van der Waals surface area contributed by atoms with Gasteiger partial charge >= 0.3 is 0 Å². The van der Waals surface area contributed by atoms with Crippen LogP contribution in [0.3, 0.4) is 0 Å². The first-order valence-electron chi connectivity index (χ1n) is 8.19. The molecule has 2 heteroatoms. The van der Waals surface area contributed by atoms with Crippen LogP contribution in [0.5, 0.6) is 0 Å². The highest BCUT2D eigenvalue weighted by atomic mass is 15.1. The Morgan fingerprint density at radius 2 is 1.91 bits per heavy atom. The number of anilines is 1. The zero-order chi connectivity index (χ0) is 16.7. The molecule has 0 aliphatic carbocycles. The minimum absolute atomic E-state index is 0.978. The summed E-state index contributed by atoms with van der Waals surface area (Å²) in [6, 6.07) is 12.7. The molecule has 0 amide bonds. The van der Waals surface area contributed by atoms with E-state index in [0.29, 0.717) is 0 Å². The summed E-state index contributed by atoms with van der Waals surface area (Å²) in [6.07, 6.45) is 10.9. The molecule has 2 aromatic rings. The molecule has 0 spiro atoms. The van der Waals surface area contributed by atoms with Crippen molar-refractivity contribution in [3.8, 4) is 0 Å². The van der Waals surface area contributed by atoms with Crippen LogP contribution >= 0.6 is 0 Å². The van der Waals surface area contributed by atoms with Crippen molar-refractivity contribution in [2.75, 3.05) is 19.0 Å². The fourth-order valence-electron chi connectivity index (χ4n) is 2.36. The second-order valence-corrected chi connectivity index (χ2v) is 5.94. The quantitative estimate of drug-likeness (QED) is 0.668. The van der Waals surface area contributed by atoms with Crippen LogP contribution in [0.15, 0.2) is 54.7 Å². The van der Waals surface area contributed by atoms with Crippen molar-refractivity contribution < 1.29 is 0 Å². The Morgan fingerprint density at radius 1 is 1.13 bits per heavy atom. The van der Waals surface area contributed by atoms with Crippen molar-refractivity contribution in [2.45, 2.75) is 26.7 Å². The molecule has 1 aromatic carbocycles. The molecule has 1 heterocycles. The number of benzene rings is 1. The van der Waals surface area contributed by atoms with E-state index in [1.54, 1.807) is 0 Å². The van der Waals surface area contributed by atoms with Gasteiger partial charge in [-0.05, 0) is 47.7 Å². The molecular formula is C21H26N2. The molecule has 0 atom stereocenters. The highest BCUT2D eigenvalue weighted by Crippen LogP contribution is 2.21. The Bertz CT molecular complexity index is 679. The minimum Gasteiger partial charge on any atom is -0.363 e. The lowest BCUT2D eigenvalue weighted by atomic mass is 10.0. The monoisotopic (exact) mass is 306 g/mol. The Labute approximate surface area is 140 Å². The van der Waals surface area contributed by atoms with E-state index in [0.717, 1.165) is 24.2 Å². The van der Waals surface area contributed by atoms with Crippen molar-refractivity contribution in [3.63, 3.8) is 0 Å². The number of unbranched alkanes of at least 4 members (excludes halogenated alkanes) is 1. The average Bonchev–Trinajstić information content (AvgIpc) is 2.56. The second kappa shape index (κ2) is 8.33. The molecule has 120 valence electrons. The fourth-order valence-corrected chi connectivity index (χ4v) is 2.36. The second-order valence-electron chi connectivity index (χ2n) is 5.94. The van der Waals surface area contributed by atoms with Crippen LogP contribution in [0.1, 0.15) is 36.5 Å². The predicted molar refractivity (Wildman–Crippen MR) is 102 cm³/mol. The number of allylic oxidation sites excluding steroid dienone is 3. The smallest absolute Gasteiger partial charge is 0.127 e. The van der Waals surface area contributed by atoms with Gasteiger partial charge in [-0.2, -0.15) is 0 Å². The molecule has 2 nitrogen and oxygen atoms in total. The van der Waals surface area contributed by atoms with Gasteiger partial charge in [0.05, 0.1) is 0 Å². The Kier molecular flexibility index (Phi) is 6.16.